The highest BCUT2D eigenvalue weighted by molar-refractivity contribution is 4.77. The average molecular weight is 146 g/mol. The summed E-state index contributed by atoms with van der Waals surface area (Å²) in [6.07, 6.45) is 2.33. The molecular weight excluding hydrogens is 131 g/mol. The maximum absolute atomic E-state index is 12.8. The molecule has 0 amide bonds. The van der Waals surface area contributed by atoms with Gasteiger partial charge in [-0.3, -0.25) is 0 Å². The van der Waals surface area contributed by atoms with E-state index in [1.54, 1.807) is 6.92 Å². The van der Waals surface area contributed by atoms with Crippen LogP contribution in [0.4, 0.5) is 4.39 Å². The second-order valence-corrected chi connectivity index (χ2v) is 3.29. The van der Waals surface area contributed by atoms with E-state index < -0.39 is 6.17 Å². The summed E-state index contributed by atoms with van der Waals surface area (Å²) in [6, 6.07) is 0. The second kappa shape index (κ2) is 3.33. The van der Waals surface area contributed by atoms with Crippen LogP contribution in [0.2, 0.25) is 0 Å². The first-order valence-electron chi connectivity index (χ1n) is 4.02. The number of hydrogen-bond acceptors (Lipinski definition) is 1. The highest BCUT2D eigenvalue weighted by Crippen LogP contribution is 2.31. The van der Waals surface area contributed by atoms with Crippen molar-refractivity contribution in [3.63, 3.8) is 0 Å². The Morgan fingerprint density at radius 2 is 2.30 bits per heavy atom. The van der Waals surface area contributed by atoms with Gasteiger partial charge in [-0.2, -0.15) is 0 Å². The first-order valence-corrected chi connectivity index (χ1v) is 4.02. The summed E-state index contributed by atoms with van der Waals surface area (Å²) in [7, 11) is 0. The van der Waals surface area contributed by atoms with Gasteiger partial charge in [0, 0.05) is 0 Å². The van der Waals surface area contributed by atoms with Gasteiger partial charge in [-0.15, -0.1) is 0 Å². The zero-order chi connectivity index (χ0) is 7.56. The molecule has 0 radical (unpaired) electrons. The molecule has 1 rings (SSSR count). The molecule has 1 N–H and O–H groups in total. The molecule has 1 saturated carbocycles. The fourth-order valence-corrected chi connectivity index (χ4v) is 1.70. The molecule has 3 unspecified atom stereocenters. The monoisotopic (exact) mass is 146 g/mol. The smallest absolute Gasteiger partial charge is 0.103 e. The first-order chi connectivity index (χ1) is 4.70. The molecular formula is C8H15FO. The topological polar surface area (TPSA) is 20.2 Å². The van der Waals surface area contributed by atoms with E-state index >= 15 is 0 Å². The molecule has 1 fully saturated rings. The number of aliphatic hydroxyl groups excluding tert-OH is 1. The van der Waals surface area contributed by atoms with Crippen LogP contribution in [0.1, 0.15) is 32.6 Å². The van der Waals surface area contributed by atoms with Crippen molar-refractivity contribution in [2.45, 2.75) is 44.9 Å². The lowest BCUT2D eigenvalue weighted by atomic mass is 10.00. The molecule has 1 aliphatic rings. The summed E-state index contributed by atoms with van der Waals surface area (Å²) >= 11 is 0. The maximum atomic E-state index is 12.8. The van der Waals surface area contributed by atoms with Crippen LogP contribution in [-0.4, -0.2) is 17.4 Å². The molecule has 0 aliphatic heterocycles. The molecule has 3 atom stereocenters. The molecule has 2 heteroatoms. The Labute approximate surface area is 61.2 Å². The fourth-order valence-electron chi connectivity index (χ4n) is 1.70. The van der Waals surface area contributed by atoms with Crippen LogP contribution >= 0.6 is 0 Å². The van der Waals surface area contributed by atoms with E-state index in [4.69, 9.17) is 5.11 Å². The maximum Gasteiger partial charge on any atom is 0.103 e. The predicted molar refractivity (Wildman–Crippen MR) is 38.5 cm³/mol. The van der Waals surface area contributed by atoms with E-state index in [0.29, 0.717) is 12.8 Å². The van der Waals surface area contributed by atoms with Crippen LogP contribution < -0.4 is 0 Å². The lowest BCUT2D eigenvalue weighted by Crippen LogP contribution is -2.14. The number of aliphatic hydroxyl groups is 1. The van der Waals surface area contributed by atoms with Crippen molar-refractivity contribution in [2.75, 3.05) is 0 Å². The lowest BCUT2D eigenvalue weighted by Gasteiger charge is -2.13. The minimum Gasteiger partial charge on any atom is -0.393 e. The number of hydrogen-bond donors (Lipinski definition) is 1. The predicted octanol–water partition coefficient (Wildman–Crippen LogP) is 1.90. The Morgan fingerprint density at radius 3 is 2.70 bits per heavy atom. The third-order valence-electron chi connectivity index (χ3n) is 2.21. The Hall–Kier alpha value is -0.110. The van der Waals surface area contributed by atoms with Crippen LogP contribution in [0.5, 0.6) is 0 Å². The van der Waals surface area contributed by atoms with E-state index in [-0.39, 0.29) is 12.0 Å². The summed E-state index contributed by atoms with van der Waals surface area (Å²) in [4.78, 5) is 0. The zero-order valence-electron chi connectivity index (χ0n) is 6.39. The molecule has 60 valence electrons. The van der Waals surface area contributed by atoms with Crippen LogP contribution in [0.25, 0.3) is 0 Å². The SMILES string of the molecule is CC(O)CC1CCCC1F. The van der Waals surface area contributed by atoms with Gasteiger partial charge in [0.2, 0.25) is 0 Å². The van der Waals surface area contributed by atoms with Gasteiger partial charge in [-0.1, -0.05) is 6.42 Å². The molecule has 0 spiro atoms. The highest BCUT2D eigenvalue weighted by atomic mass is 19.1. The number of alkyl halides is 1. The van der Waals surface area contributed by atoms with Crippen molar-refractivity contribution < 1.29 is 9.50 Å². The van der Waals surface area contributed by atoms with Crippen molar-refractivity contribution in [3.05, 3.63) is 0 Å². The summed E-state index contributed by atoms with van der Waals surface area (Å²) in [5.41, 5.74) is 0. The molecule has 0 heterocycles. The quantitative estimate of drug-likeness (QED) is 0.630. The molecule has 0 aromatic carbocycles. The highest BCUT2D eigenvalue weighted by Gasteiger charge is 2.27. The molecule has 10 heavy (non-hydrogen) atoms. The summed E-state index contributed by atoms with van der Waals surface area (Å²) in [6.45, 7) is 1.73. The zero-order valence-corrected chi connectivity index (χ0v) is 6.39. The van der Waals surface area contributed by atoms with Gasteiger partial charge in [0.15, 0.2) is 0 Å². The van der Waals surface area contributed by atoms with E-state index in [1.807, 2.05) is 0 Å². The molecule has 0 aromatic rings. The van der Waals surface area contributed by atoms with Crippen LogP contribution in [-0.2, 0) is 0 Å². The Morgan fingerprint density at radius 1 is 1.60 bits per heavy atom. The standard InChI is InChI=1S/C8H15FO/c1-6(10)5-7-3-2-4-8(7)9/h6-8,10H,2-5H2,1H3. The van der Waals surface area contributed by atoms with Gasteiger partial charge in [-0.05, 0) is 32.1 Å². The van der Waals surface area contributed by atoms with Gasteiger partial charge in [0.1, 0.15) is 6.17 Å². The summed E-state index contributed by atoms with van der Waals surface area (Å²) in [5, 5.41) is 8.96. The van der Waals surface area contributed by atoms with Crippen LogP contribution in [0.15, 0.2) is 0 Å². The van der Waals surface area contributed by atoms with E-state index in [9.17, 15) is 4.39 Å². The molecule has 0 bridgehead atoms. The van der Waals surface area contributed by atoms with Crippen molar-refractivity contribution in [3.8, 4) is 0 Å². The first kappa shape index (κ1) is 7.99. The second-order valence-electron chi connectivity index (χ2n) is 3.29. The van der Waals surface area contributed by atoms with Gasteiger partial charge in [-0.25, -0.2) is 4.39 Å². The summed E-state index contributed by atoms with van der Waals surface area (Å²) in [5.74, 6) is 0.139. The Kier molecular flexibility index (Phi) is 2.66. The summed E-state index contributed by atoms with van der Waals surface area (Å²) < 4.78 is 12.8. The van der Waals surface area contributed by atoms with Gasteiger partial charge >= 0.3 is 0 Å². The third-order valence-corrected chi connectivity index (χ3v) is 2.21. The minimum atomic E-state index is -0.644. The normalized spacial score (nSPS) is 36.3. The number of halogens is 1. The lowest BCUT2D eigenvalue weighted by molar-refractivity contribution is 0.134. The molecule has 0 saturated heterocycles. The Balaban J connectivity index is 2.26. The van der Waals surface area contributed by atoms with Crippen molar-refractivity contribution >= 4 is 0 Å². The van der Waals surface area contributed by atoms with Gasteiger partial charge < -0.3 is 5.11 Å². The fraction of sp³-hybridized carbons (Fsp3) is 1.00. The molecule has 1 nitrogen and oxygen atoms in total. The average Bonchev–Trinajstić information content (AvgIpc) is 2.15. The van der Waals surface area contributed by atoms with Crippen molar-refractivity contribution in [2.24, 2.45) is 5.92 Å². The third kappa shape index (κ3) is 1.94. The van der Waals surface area contributed by atoms with Crippen LogP contribution in [0.3, 0.4) is 0 Å². The Bertz CT molecular complexity index is 103. The van der Waals surface area contributed by atoms with E-state index in [1.165, 1.54) is 0 Å². The number of rotatable bonds is 2. The molecule has 0 aromatic heterocycles. The van der Waals surface area contributed by atoms with Crippen molar-refractivity contribution in [1.82, 2.24) is 0 Å². The minimum absolute atomic E-state index is 0.139. The van der Waals surface area contributed by atoms with Gasteiger partial charge in [0.25, 0.3) is 0 Å². The van der Waals surface area contributed by atoms with E-state index in [0.717, 1.165) is 12.8 Å². The van der Waals surface area contributed by atoms with Crippen molar-refractivity contribution in [1.29, 1.82) is 0 Å². The van der Waals surface area contributed by atoms with E-state index in [2.05, 4.69) is 0 Å². The van der Waals surface area contributed by atoms with Gasteiger partial charge in [0.05, 0.1) is 6.10 Å². The largest absolute Gasteiger partial charge is 0.393 e. The van der Waals surface area contributed by atoms with Crippen LogP contribution in [0, 0.1) is 5.92 Å². The molecule has 1 aliphatic carbocycles.